The van der Waals surface area contributed by atoms with Gasteiger partial charge in [-0.05, 0) is 17.5 Å². The van der Waals surface area contributed by atoms with E-state index < -0.39 is 0 Å². The van der Waals surface area contributed by atoms with Crippen LogP contribution >= 0.6 is 11.3 Å². The Morgan fingerprint density at radius 1 is 0.727 bits per heavy atom. The molecule has 22 heavy (non-hydrogen) atoms. The Morgan fingerprint density at radius 2 is 1.41 bits per heavy atom. The lowest BCUT2D eigenvalue weighted by atomic mass is 9.81. The number of thiophene rings is 1. The van der Waals surface area contributed by atoms with Gasteiger partial charge in [-0.25, -0.2) is 0 Å². The highest BCUT2D eigenvalue weighted by molar-refractivity contribution is 7.13. The summed E-state index contributed by atoms with van der Waals surface area (Å²) in [6.45, 7) is 0. The summed E-state index contributed by atoms with van der Waals surface area (Å²) in [6, 6.07) is 14.3. The molecule has 0 saturated heterocycles. The zero-order valence-electron chi connectivity index (χ0n) is 11.5. The molecule has 0 bridgehead atoms. The average molecular weight is 305 g/mol. The molecule has 1 aromatic heterocycles. The molecule has 0 fully saturated rings. The van der Waals surface area contributed by atoms with Crippen molar-refractivity contribution in [3.63, 3.8) is 0 Å². The lowest BCUT2D eigenvalue weighted by Crippen LogP contribution is -2.23. The molecule has 3 aromatic rings. The molecule has 1 aliphatic rings. The summed E-state index contributed by atoms with van der Waals surface area (Å²) in [7, 11) is 0. The van der Waals surface area contributed by atoms with Gasteiger partial charge in [-0.1, -0.05) is 36.4 Å². The second-order valence-electron chi connectivity index (χ2n) is 5.13. The maximum atomic E-state index is 12.9. The van der Waals surface area contributed by atoms with Gasteiger partial charge in [0, 0.05) is 32.8 Å². The van der Waals surface area contributed by atoms with Gasteiger partial charge in [0.2, 0.25) is 0 Å². The second-order valence-corrected chi connectivity index (χ2v) is 6.08. The molecule has 4 rings (SSSR count). The topological polar surface area (TPSA) is 60.2 Å². The van der Waals surface area contributed by atoms with Crippen molar-refractivity contribution < 1.29 is 9.59 Å². The summed E-state index contributed by atoms with van der Waals surface area (Å²) in [6.07, 6.45) is 0. The Bertz CT molecular complexity index is 926. The van der Waals surface area contributed by atoms with E-state index in [2.05, 4.69) is 0 Å². The minimum Gasteiger partial charge on any atom is -0.398 e. The normalized spacial score (nSPS) is 12.9. The van der Waals surface area contributed by atoms with E-state index in [0.29, 0.717) is 27.9 Å². The number of ketones is 2. The van der Waals surface area contributed by atoms with Crippen molar-refractivity contribution in [2.75, 3.05) is 5.73 Å². The molecule has 2 aromatic carbocycles. The summed E-state index contributed by atoms with van der Waals surface area (Å²) in [4.78, 5) is 26.6. The van der Waals surface area contributed by atoms with E-state index in [-0.39, 0.29) is 11.6 Å². The summed E-state index contributed by atoms with van der Waals surface area (Å²) >= 11 is 1.53. The highest BCUT2D eigenvalue weighted by Gasteiger charge is 2.33. The third-order valence-electron chi connectivity index (χ3n) is 3.89. The molecule has 0 unspecified atom stereocenters. The number of hydrogen-bond acceptors (Lipinski definition) is 4. The number of nitrogen functional groups attached to an aromatic ring is 1. The van der Waals surface area contributed by atoms with Crippen LogP contribution in [0, 0.1) is 0 Å². The maximum Gasteiger partial charge on any atom is 0.196 e. The molecule has 1 heterocycles. The van der Waals surface area contributed by atoms with E-state index in [9.17, 15) is 9.59 Å². The van der Waals surface area contributed by atoms with Gasteiger partial charge in [-0.15, -0.1) is 11.3 Å². The largest absolute Gasteiger partial charge is 0.398 e. The Kier molecular flexibility index (Phi) is 2.74. The minimum atomic E-state index is -0.180. The van der Waals surface area contributed by atoms with Crippen molar-refractivity contribution in [1.82, 2.24) is 0 Å². The number of benzene rings is 2. The van der Waals surface area contributed by atoms with Crippen molar-refractivity contribution in [1.29, 1.82) is 0 Å². The smallest absolute Gasteiger partial charge is 0.196 e. The van der Waals surface area contributed by atoms with Crippen LogP contribution in [0.4, 0.5) is 5.69 Å². The predicted octanol–water partition coefficient (Wildman–Crippen LogP) is 3.77. The fourth-order valence-electron chi connectivity index (χ4n) is 2.88. The monoisotopic (exact) mass is 305 g/mol. The quantitative estimate of drug-likeness (QED) is 0.544. The lowest BCUT2D eigenvalue weighted by molar-refractivity contribution is 0.0980. The molecule has 4 heteroatoms. The summed E-state index contributed by atoms with van der Waals surface area (Å²) < 4.78 is 0. The molecule has 0 spiro atoms. The SMILES string of the molecule is Nc1ccc(-c2cccs2)c2c1C(=O)c1ccccc1C2=O. The van der Waals surface area contributed by atoms with Gasteiger partial charge in [-0.2, -0.15) is 0 Å². The van der Waals surface area contributed by atoms with Gasteiger partial charge in [-0.3, -0.25) is 9.59 Å². The molecule has 0 saturated carbocycles. The van der Waals surface area contributed by atoms with E-state index >= 15 is 0 Å². The number of anilines is 1. The summed E-state index contributed by atoms with van der Waals surface area (Å²) in [5.74, 6) is -0.318. The van der Waals surface area contributed by atoms with Crippen molar-refractivity contribution in [3.8, 4) is 10.4 Å². The van der Waals surface area contributed by atoms with Crippen LogP contribution in [-0.2, 0) is 0 Å². The minimum absolute atomic E-state index is 0.138. The van der Waals surface area contributed by atoms with Crippen LogP contribution in [-0.4, -0.2) is 11.6 Å². The maximum absolute atomic E-state index is 12.9. The molecule has 0 aliphatic heterocycles. The van der Waals surface area contributed by atoms with Crippen LogP contribution < -0.4 is 5.73 Å². The fourth-order valence-corrected chi connectivity index (χ4v) is 3.64. The third kappa shape index (κ3) is 1.68. The van der Waals surface area contributed by atoms with Gasteiger partial charge in [0.15, 0.2) is 11.6 Å². The first-order valence-corrected chi connectivity index (χ1v) is 7.71. The first-order valence-electron chi connectivity index (χ1n) is 6.83. The number of carbonyl (C=O) groups is 2. The number of fused-ring (bicyclic) bond motifs is 2. The standard InChI is InChI=1S/C18H11NO2S/c19-13-8-7-12(14-6-3-9-22-14)15-16(13)18(21)11-5-2-1-4-10(11)17(15)20/h1-9H,19H2. The Balaban J connectivity index is 2.08. The van der Waals surface area contributed by atoms with Gasteiger partial charge < -0.3 is 5.73 Å². The van der Waals surface area contributed by atoms with E-state index in [1.165, 1.54) is 11.3 Å². The molecular weight excluding hydrogens is 294 g/mol. The molecule has 106 valence electrons. The van der Waals surface area contributed by atoms with Gasteiger partial charge >= 0.3 is 0 Å². The van der Waals surface area contributed by atoms with Crippen molar-refractivity contribution in [2.45, 2.75) is 0 Å². The lowest BCUT2D eigenvalue weighted by Gasteiger charge is -2.21. The molecular formula is C18H11NO2S. The van der Waals surface area contributed by atoms with Crippen LogP contribution in [0.25, 0.3) is 10.4 Å². The predicted molar refractivity (Wildman–Crippen MR) is 87.5 cm³/mol. The molecule has 1 aliphatic carbocycles. The average Bonchev–Trinajstić information content (AvgIpc) is 3.06. The second kappa shape index (κ2) is 4.64. The van der Waals surface area contributed by atoms with E-state index in [0.717, 1.165) is 10.4 Å². The van der Waals surface area contributed by atoms with Crippen molar-refractivity contribution in [2.24, 2.45) is 0 Å². The Labute approximate surface area is 131 Å². The van der Waals surface area contributed by atoms with Crippen LogP contribution in [0.5, 0.6) is 0 Å². The summed E-state index contributed by atoms with van der Waals surface area (Å²) in [5, 5.41) is 1.95. The van der Waals surface area contributed by atoms with Gasteiger partial charge in [0.05, 0.1) is 5.56 Å². The van der Waals surface area contributed by atoms with Gasteiger partial charge in [0.25, 0.3) is 0 Å². The molecule has 0 radical (unpaired) electrons. The highest BCUT2D eigenvalue weighted by atomic mass is 32.1. The molecule has 0 amide bonds. The van der Waals surface area contributed by atoms with E-state index in [1.54, 1.807) is 30.3 Å². The third-order valence-corrected chi connectivity index (χ3v) is 4.80. The number of nitrogens with two attached hydrogens (primary N) is 1. The Morgan fingerprint density at radius 3 is 2.05 bits per heavy atom. The van der Waals surface area contributed by atoms with Crippen LogP contribution in [0.15, 0.2) is 53.9 Å². The van der Waals surface area contributed by atoms with Crippen LogP contribution in [0.2, 0.25) is 0 Å². The first kappa shape index (κ1) is 13.0. The zero-order chi connectivity index (χ0) is 15.3. The zero-order valence-corrected chi connectivity index (χ0v) is 12.3. The van der Waals surface area contributed by atoms with Crippen LogP contribution in [0.1, 0.15) is 31.8 Å². The first-order chi connectivity index (χ1) is 10.7. The van der Waals surface area contributed by atoms with Crippen molar-refractivity contribution in [3.05, 3.63) is 76.2 Å². The Hall–Kier alpha value is -2.72. The summed E-state index contributed by atoms with van der Waals surface area (Å²) in [5.41, 5.74) is 8.75. The van der Waals surface area contributed by atoms with E-state index in [1.807, 2.05) is 23.6 Å². The number of hydrogen-bond donors (Lipinski definition) is 1. The van der Waals surface area contributed by atoms with Crippen molar-refractivity contribution >= 4 is 28.6 Å². The molecule has 3 nitrogen and oxygen atoms in total. The molecule has 0 atom stereocenters. The van der Waals surface area contributed by atoms with Gasteiger partial charge in [0.1, 0.15) is 0 Å². The number of rotatable bonds is 1. The van der Waals surface area contributed by atoms with E-state index in [4.69, 9.17) is 5.73 Å². The number of carbonyl (C=O) groups excluding carboxylic acids is 2. The highest BCUT2D eigenvalue weighted by Crippen LogP contribution is 2.38. The fraction of sp³-hybridized carbons (Fsp3) is 0. The molecule has 2 N–H and O–H groups in total. The van der Waals surface area contributed by atoms with Crippen LogP contribution in [0.3, 0.4) is 0 Å².